The van der Waals surface area contributed by atoms with E-state index in [1.807, 2.05) is 0 Å². The standard InChI is InChI=1S/C11H13NO5S/c1-18(14,15)10-3-7(2-8(12)4-10)11(13)17-9-5-16-6-9/h2-4,9H,5-6,12H2,1H3. The first kappa shape index (κ1) is 12.8. The van der Waals surface area contributed by atoms with Crippen molar-refractivity contribution in [1.82, 2.24) is 0 Å². The number of anilines is 1. The summed E-state index contributed by atoms with van der Waals surface area (Å²) in [5.74, 6) is -0.597. The van der Waals surface area contributed by atoms with Gasteiger partial charge in [0.05, 0.1) is 23.7 Å². The molecule has 0 saturated carbocycles. The van der Waals surface area contributed by atoms with Crippen LogP contribution in [-0.2, 0) is 19.3 Å². The van der Waals surface area contributed by atoms with Crippen LogP contribution in [0.2, 0.25) is 0 Å². The fourth-order valence-electron chi connectivity index (χ4n) is 1.46. The first-order valence-electron chi connectivity index (χ1n) is 5.25. The van der Waals surface area contributed by atoms with Gasteiger partial charge in [-0.25, -0.2) is 13.2 Å². The van der Waals surface area contributed by atoms with Gasteiger partial charge in [-0.15, -0.1) is 0 Å². The largest absolute Gasteiger partial charge is 0.454 e. The lowest BCUT2D eigenvalue weighted by atomic mass is 10.2. The van der Waals surface area contributed by atoms with E-state index in [0.717, 1.165) is 6.26 Å². The second kappa shape index (κ2) is 4.58. The van der Waals surface area contributed by atoms with Crippen LogP contribution in [-0.4, -0.2) is 40.0 Å². The SMILES string of the molecule is CS(=O)(=O)c1cc(N)cc(C(=O)OC2COC2)c1. The number of sulfone groups is 1. The van der Waals surface area contributed by atoms with E-state index in [1.165, 1.54) is 18.2 Å². The molecule has 1 saturated heterocycles. The van der Waals surface area contributed by atoms with Gasteiger partial charge in [0.1, 0.15) is 6.10 Å². The highest BCUT2D eigenvalue weighted by Gasteiger charge is 2.24. The average molecular weight is 271 g/mol. The zero-order valence-corrected chi connectivity index (χ0v) is 10.6. The lowest BCUT2D eigenvalue weighted by Crippen LogP contribution is -2.37. The molecule has 0 amide bonds. The highest BCUT2D eigenvalue weighted by Crippen LogP contribution is 2.18. The van der Waals surface area contributed by atoms with E-state index >= 15 is 0 Å². The Kier molecular flexibility index (Phi) is 3.27. The molecule has 1 aromatic rings. The molecular formula is C11H13NO5S. The lowest BCUT2D eigenvalue weighted by Gasteiger charge is -2.25. The van der Waals surface area contributed by atoms with Crippen molar-refractivity contribution in [1.29, 1.82) is 0 Å². The topological polar surface area (TPSA) is 95.7 Å². The van der Waals surface area contributed by atoms with Crippen molar-refractivity contribution in [3.63, 3.8) is 0 Å². The van der Waals surface area contributed by atoms with Crippen molar-refractivity contribution in [3.8, 4) is 0 Å². The molecule has 98 valence electrons. The van der Waals surface area contributed by atoms with Gasteiger partial charge in [0, 0.05) is 11.9 Å². The molecule has 1 fully saturated rings. The maximum Gasteiger partial charge on any atom is 0.338 e. The summed E-state index contributed by atoms with van der Waals surface area (Å²) in [4.78, 5) is 11.8. The predicted octanol–water partition coefficient (Wildman–Crippen LogP) is 0.228. The van der Waals surface area contributed by atoms with Crippen molar-refractivity contribution in [3.05, 3.63) is 23.8 Å². The molecule has 0 aromatic heterocycles. The van der Waals surface area contributed by atoms with Gasteiger partial charge in [0.2, 0.25) is 0 Å². The van der Waals surface area contributed by atoms with Crippen molar-refractivity contribution >= 4 is 21.5 Å². The Balaban J connectivity index is 2.27. The molecule has 0 spiro atoms. The van der Waals surface area contributed by atoms with E-state index in [-0.39, 0.29) is 22.3 Å². The second-order valence-corrected chi connectivity index (χ2v) is 6.14. The summed E-state index contributed by atoms with van der Waals surface area (Å²) in [6.45, 7) is 0.736. The quantitative estimate of drug-likeness (QED) is 0.624. The summed E-state index contributed by atoms with van der Waals surface area (Å²) in [7, 11) is -3.41. The number of carbonyl (C=O) groups excluding carboxylic acids is 1. The van der Waals surface area contributed by atoms with Crippen molar-refractivity contribution in [2.24, 2.45) is 0 Å². The molecule has 0 unspecified atom stereocenters. The minimum atomic E-state index is -3.41. The normalized spacial score (nSPS) is 16.1. The van der Waals surface area contributed by atoms with Crippen molar-refractivity contribution < 1.29 is 22.7 Å². The van der Waals surface area contributed by atoms with E-state index in [1.54, 1.807) is 0 Å². The molecule has 2 rings (SSSR count). The van der Waals surface area contributed by atoms with Gasteiger partial charge >= 0.3 is 5.97 Å². The molecule has 0 atom stereocenters. The highest BCUT2D eigenvalue weighted by atomic mass is 32.2. The molecule has 1 aliphatic rings. The number of esters is 1. The van der Waals surface area contributed by atoms with Gasteiger partial charge in [-0.1, -0.05) is 0 Å². The second-order valence-electron chi connectivity index (χ2n) is 4.13. The number of nitrogen functional groups attached to an aromatic ring is 1. The molecule has 2 N–H and O–H groups in total. The van der Waals surface area contributed by atoms with Gasteiger partial charge in [0.25, 0.3) is 0 Å². The number of benzene rings is 1. The van der Waals surface area contributed by atoms with E-state index < -0.39 is 15.8 Å². The smallest absolute Gasteiger partial charge is 0.338 e. The molecular weight excluding hydrogens is 258 g/mol. The zero-order chi connectivity index (χ0) is 13.3. The molecule has 6 nitrogen and oxygen atoms in total. The van der Waals surface area contributed by atoms with Gasteiger partial charge in [-0.3, -0.25) is 0 Å². The maximum atomic E-state index is 11.8. The van der Waals surface area contributed by atoms with Gasteiger partial charge < -0.3 is 15.2 Å². The summed E-state index contributed by atoms with van der Waals surface area (Å²) >= 11 is 0. The number of carbonyl (C=O) groups is 1. The molecule has 0 bridgehead atoms. The van der Waals surface area contributed by atoms with E-state index in [2.05, 4.69) is 0 Å². The van der Waals surface area contributed by atoms with E-state index in [0.29, 0.717) is 13.2 Å². The Morgan fingerprint density at radius 2 is 2.06 bits per heavy atom. The lowest BCUT2D eigenvalue weighted by molar-refractivity contribution is -0.103. The van der Waals surface area contributed by atoms with Crippen LogP contribution in [0.5, 0.6) is 0 Å². The molecule has 0 radical (unpaired) electrons. The first-order valence-corrected chi connectivity index (χ1v) is 7.15. The van der Waals surface area contributed by atoms with E-state index in [4.69, 9.17) is 15.2 Å². The van der Waals surface area contributed by atoms with Crippen LogP contribution in [0.4, 0.5) is 5.69 Å². The first-order chi connectivity index (χ1) is 8.36. The predicted molar refractivity (Wildman–Crippen MR) is 64.0 cm³/mol. The van der Waals surface area contributed by atoms with Crippen LogP contribution >= 0.6 is 0 Å². The molecule has 1 heterocycles. The van der Waals surface area contributed by atoms with Gasteiger partial charge in [-0.05, 0) is 18.2 Å². The number of rotatable bonds is 3. The van der Waals surface area contributed by atoms with E-state index in [9.17, 15) is 13.2 Å². The average Bonchev–Trinajstić information content (AvgIpc) is 2.21. The number of nitrogens with two attached hydrogens (primary N) is 1. The van der Waals surface area contributed by atoms with Gasteiger partial charge in [-0.2, -0.15) is 0 Å². The molecule has 7 heteroatoms. The molecule has 1 aliphatic heterocycles. The summed E-state index contributed by atoms with van der Waals surface area (Å²) in [5.41, 5.74) is 5.90. The molecule has 0 aliphatic carbocycles. The minimum absolute atomic E-state index is 0.000639. The molecule has 1 aromatic carbocycles. The summed E-state index contributed by atoms with van der Waals surface area (Å²) in [6.07, 6.45) is 0.789. The van der Waals surface area contributed by atoms with Crippen LogP contribution < -0.4 is 5.73 Å². The fraction of sp³-hybridized carbons (Fsp3) is 0.364. The Morgan fingerprint density at radius 3 is 2.56 bits per heavy atom. The third-order valence-electron chi connectivity index (χ3n) is 2.47. The third kappa shape index (κ3) is 2.80. The van der Waals surface area contributed by atoms with Crippen LogP contribution in [0.3, 0.4) is 0 Å². The number of hydrogen-bond donors (Lipinski definition) is 1. The summed E-state index contributed by atoms with van der Waals surface area (Å²) in [6, 6.07) is 3.95. The van der Waals surface area contributed by atoms with Crippen LogP contribution in [0, 0.1) is 0 Å². The number of ether oxygens (including phenoxy) is 2. The van der Waals surface area contributed by atoms with Crippen LogP contribution in [0.25, 0.3) is 0 Å². The maximum absolute atomic E-state index is 11.8. The third-order valence-corrected chi connectivity index (χ3v) is 3.57. The van der Waals surface area contributed by atoms with Gasteiger partial charge in [0.15, 0.2) is 9.84 Å². The number of hydrogen-bond acceptors (Lipinski definition) is 6. The highest BCUT2D eigenvalue weighted by molar-refractivity contribution is 7.90. The Bertz CT molecular complexity index is 577. The summed E-state index contributed by atoms with van der Waals surface area (Å²) < 4.78 is 32.8. The summed E-state index contributed by atoms with van der Waals surface area (Å²) in [5, 5.41) is 0. The monoisotopic (exact) mass is 271 g/mol. The Hall–Kier alpha value is -1.60. The Morgan fingerprint density at radius 1 is 1.39 bits per heavy atom. The van der Waals surface area contributed by atoms with Crippen LogP contribution in [0.1, 0.15) is 10.4 Å². The minimum Gasteiger partial charge on any atom is -0.454 e. The van der Waals surface area contributed by atoms with Crippen molar-refractivity contribution in [2.75, 3.05) is 25.2 Å². The Labute approximate surface area is 105 Å². The van der Waals surface area contributed by atoms with Crippen LogP contribution in [0.15, 0.2) is 23.1 Å². The van der Waals surface area contributed by atoms with Crippen molar-refractivity contribution in [2.45, 2.75) is 11.0 Å². The fourth-order valence-corrected chi connectivity index (χ4v) is 2.15. The molecule has 18 heavy (non-hydrogen) atoms. The zero-order valence-electron chi connectivity index (χ0n) is 9.75.